The molecule has 9 nitrogen and oxygen atoms in total. The van der Waals surface area contributed by atoms with Crippen LogP contribution in [0.3, 0.4) is 0 Å². The van der Waals surface area contributed by atoms with Crippen LogP contribution in [0.4, 0.5) is 0 Å². The van der Waals surface area contributed by atoms with Crippen LogP contribution in [0.1, 0.15) is 6.42 Å². The molecule has 0 aliphatic heterocycles. The van der Waals surface area contributed by atoms with Gasteiger partial charge in [-0.05, 0) is 0 Å². The molecule has 0 saturated heterocycles. The van der Waals surface area contributed by atoms with Gasteiger partial charge in [-0.1, -0.05) is 0 Å². The van der Waals surface area contributed by atoms with Gasteiger partial charge >= 0.3 is 23.9 Å². The van der Waals surface area contributed by atoms with Crippen molar-refractivity contribution >= 4 is 30.2 Å². The van der Waals surface area contributed by atoms with E-state index in [9.17, 15) is 24.0 Å². The highest BCUT2D eigenvalue weighted by Gasteiger charge is 2.44. The molecule has 0 aromatic heterocycles. The third-order valence-corrected chi connectivity index (χ3v) is 2.25. The van der Waals surface area contributed by atoms with Crippen molar-refractivity contribution in [2.24, 2.45) is 17.8 Å². The van der Waals surface area contributed by atoms with Crippen molar-refractivity contribution in [2.75, 3.05) is 0 Å². The van der Waals surface area contributed by atoms with Crippen LogP contribution >= 0.6 is 0 Å². The van der Waals surface area contributed by atoms with E-state index in [1.54, 1.807) is 0 Å². The first-order valence-corrected chi connectivity index (χ1v) is 4.57. The molecule has 0 aliphatic carbocycles. The van der Waals surface area contributed by atoms with Crippen LogP contribution < -0.4 is 0 Å². The predicted octanol–water partition coefficient (Wildman–Crippen LogP) is -1.24. The maximum atomic E-state index is 10.9. The van der Waals surface area contributed by atoms with E-state index < -0.39 is 48.1 Å². The monoisotopic (exact) mass is 262 g/mol. The zero-order valence-corrected chi connectivity index (χ0v) is 8.85. The van der Waals surface area contributed by atoms with Gasteiger partial charge in [0.25, 0.3) is 0 Å². The summed E-state index contributed by atoms with van der Waals surface area (Å²) < 4.78 is 0. The predicted molar refractivity (Wildman–Crippen MR) is 51.7 cm³/mol. The van der Waals surface area contributed by atoms with Gasteiger partial charge in [0, 0.05) is 0 Å². The fourth-order valence-corrected chi connectivity index (χ4v) is 1.43. The highest BCUT2D eigenvalue weighted by molar-refractivity contribution is 5.94. The maximum Gasteiger partial charge on any atom is 0.314 e. The highest BCUT2D eigenvalue weighted by Crippen LogP contribution is 2.24. The molecule has 0 aliphatic rings. The summed E-state index contributed by atoms with van der Waals surface area (Å²) in [6, 6.07) is 0. The summed E-state index contributed by atoms with van der Waals surface area (Å²) >= 11 is 0. The van der Waals surface area contributed by atoms with Crippen LogP contribution in [0.15, 0.2) is 0 Å². The van der Waals surface area contributed by atoms with E-state index in [-0.39, 0.29) is 6.29 Å². The Morgan fingerprint density at radius 1 is 0.889 bits per heavy atom. The molecule has 4 N–H and O–H groups in total. The topological polar surface area (TPSA) is 166 Å². The normalized spacial score (nSPS) is 15.1. The first-order chi connectivity index (χ1) is 8.22. The smallest absolute Gasteiger partial charge is 0.314 e. The molecule has 18 heavy (non-hydrogen) atoms. The van der Waals surface area contributed by atoms with E-state index >= 15 is 0 Å². The van der Waals surface area contributed by atoms with E-state index in [1.807, 2.05) is 0 Å². The second kappa shape index (κ2) is 6.33. The first-order valence-electron chi connectivity index (χ1n) is 4.57. The van der Waals surface area contributed by atoms with Crippen LogP contribution in [0, 0.1) is 17.8 Å². The van der Waals surface area contributed by atoms with Gasteiger partial charge in [0.2, 0.25) is 0 Å². The van der Waals surface area contributed by atoms with Gasteiger partial charge in [-0.25, -0.2) is 0 Å². The SMILES string of the molecule is O=CC(C(=O)O)C(C(=O)O)C(CC(=O)O)C(=O)O. The fourth-order valence-electron chi connectivity index (χ4n) is 1.43. The number of hydrogen-bond donors (Lipinski definition) is 4. The molecule has 0 aromatic rings. The molecule has 9 heteroatoms. The van der Waals surface area contributed by atoms with E-state index in [0.717, 1.165) is 0 Å². The Hall–Kier alpha value is -2.45. The molecular weight excluding hydrogens is 252 g/mol. The lowest BCUT2D eigenvalue weighted by Crippen LogP contribution is -2.40. The number of hydrogen-bond acceptors (Lipinski definition) is 5. The van der Waals surface area contributed by atoms with E-state index in [1.165, 1.54) is 0 Å². The summed E-state index contributed by atoms with van der Waals surface area (Å²) in [6.45, 7) is 0. The van der Waals surface area contributed by atoms with Crippen molar-refractivity contribution in [1.82, 2.24) is 0 Å². The van der Waals surface area contributed by atoms with Crippen molar-refractivity contribution < 1.29 is 44.4 Å². The largest absolute Gasteiger partial charge is 0.481 e. The minimum absolute atomic E-state index is 0.223. The van der Waals surface area contributed by atoms with Crippen LogP contribution in [-0.2, 0) is 24.0 Å². The Morgan fingerprint density at radius 3 is 1.61 bits per heavy atom. The Labute approximate surface area is 99.6 Å². The first kappa shape index (κ1) is 15.6. The third-order valence-electron chi connectivity index (χ3n) is 2.25. The molecule has 0 radical (unpaired) electrons. The van der Waals surface area contributed by atoms with E-state index in [0.29, 0.717) is 0 Å². The van der Waals surface area contributed by atoms with Crippen molar-refractivity contribution in [3.8, 4) is 0 Å². The summed E-state index contributed by atoms with van der Waals surface area (Å²) in [4.78, 5) is 53.2. The van der Waals surface area contributed by atoms with Crippen LogP contribution in [-0.4, -0.2) is 50.6 Å². The summed E-state index contributed by atoms with van der Waals surface area (Å²) in [6.07, 6.45) is -1.32. The van der Waals surface area contributed by atoms with E-state index in [4.69, 9.17) is 20.4 Å². The lowest BCUT2D eigenvalue weighted by atomic mass is 9.80. The quantitative estimate of drug-likeness (QED) is 0.309. The number of carboxylic acid groups (broad SMARTS) is 4. The van der Waals surface area contributed by atoms with Gasteiger partial charge in [0.1, 0.15) is 12.2 Å². The average Bonchev–Trinajstić information content (AvgIpc) is 2.21. The summed E-state index contributed by atoms with van der Waals surface area (Å²) in [5, 5.41) is 34.6. The number of carbonyl (C=O) groups is 5. The number of carbonyl (C=O) groups excluding carboxylic acids is 1. The zero-order valence-electron chi connectivity index (χ0n) is 8.85. The lowest BCUT2D eigenvalue weighted by molar-refractivity contribution is -0.164. The van der Waals surface area contributed by atoms with Gasteiger partial charge in [0.05, 0.1) is 18.3 Å². The Balaban J connectivity index is 5.46. The standard InChI is InChI=1S/C9H10O9/c10-2-4(8(15)16)6(9(17)18)3(7(13)14)1-5(11)12/h2-4,6H,1H2,(H,11,12)(H,13,14)(H,15,16)(H,17,18). The van der Waals surface area contributed by atoms with Crippen LogP contribution in [0.25, 0.3) is 0 Å². The van der Waals surface area contributed by atoms with Crippen molar-refractivity contribution in [1.29, 1.82) is 0 Å². The Bertz CT molecular complexity index is 385. The average molecular weight is 262 g/mol. The van der Waals surface area contributed by atoms with Crippen molar-refractivity contribution in [3.05, 3.63) is 0 Å². The van der Waals surface area contributed by atoms with Gasteiger partial charge < -0.3 is 25.2 Å². The molecule has 0 fully saturated rings. The van der Waals surface area contributed by atoms with Crippen molar-refractivity contribution in [2.45, 2.75) is 6.42 Å². The number of carboxylic acids is 4. The van der Waals surface area contributed by atoms with Crippen LogP contribution in [0.5, 0.6) is 0 Å². The Kier molecular flexibility index (Phi) is 5.46. The number of aldehydes is 1. The highest BCUT2D eigenvalue weighted by atomic mass is 16.4. The molecule has 3 atom stereocenters. The third kappa shape index (κ3) is 3.85. The molecule has 0 amide bonds. The lowest BCUT2D eigenvalue weighted by Gasteiger charge is -2.21. The molecule has 0 saturated carbocycles. The maximum absolute atomic E-state index is 10.9. The molecule has 0 bridgehead atoms. The second-order valence-electron chi connectivity index (χ2n) is 3.41. The molecule has 3 unspecified atom stereocenters. The summed E-state index contributed by atoms with van der Waals surface area (Å²) in [5.74, 6) is -13.4. The molecule has 0 rings (SSSR count). The fraction of sp³-hybridized carbons (Fsp3) is 0.444. The molecular formula is C9H10O9. The molecule has 0 aromatic carbocycles. The van der Waals surface area contributed by atoms with Gasteiger partial charge in [0.15, 0.2) is 0 Å². The summed E-state index contributed by atoms with van der Waals surface area (Å²) in [5.41, 5.74) is 0. The Morgan fingerprint density at radius 2 is 1.39 bits per heavy atom. The second-order valence-corrected chi connectivity index (χ2v) is 3.41. The molecule has 100 valence electrons. The van der Waals surface area contributed by atoms with Crippen LogP contribution in [0.2, 0.25) is 0 Å². The number of rotatable bonds is 8. The molecule has 0 heterocycles. The zero-order chi connectivity index (χ0) is 14.5. The summed E-state index contributed by atoms with van der Waals surface area (Å²) in [7, 11) is 0. The van der Waals surface area contributed by atoms with E-state index in [2.05, 4.69) is 0 Å². The minimum atomic E-state index is -2.14. The van der Waals surface area contributed by atoms with Gasteiger partial charge in [-0.3, -0.25) is 19.2 Å². The van der Waals surface area contributed by atoms with Gasteiger partial charge in [-0.2, -0.15) is 0 Å². The minimum Gasteiger partial charge on any atom is -0.481 e. The number of aliphatic carboxylic acids is 4. The molecule has 0 spiro atoms. The van der Waals surface area contributed by atoms with Crippen molar-refractivity contribution in [3.63, 3.8) is 0 Å². The van der Waals surface area contributed by atoms with Gasteiger partial charge in [-0.15, -0.1) is 0 Å².